The van der Waals surface area contributed by atoms with Crippen LogP contribution in [0.4, 0.5) is 5.69 Å². The Morgan fingerprint density at radius 1 is 0.800 bits per heavy atom. The van der Waals surface area contributed by atoms with Gasteiger partial charge in [-0.3, -0.25) is 4.55 Å². The van der Waals surface area contributed by atoms with Gasteiger partial charge in [-0.15, -0.1) is 0 Å². The Labute approximate surface area is 239 Å². The molecule has 0 aliphatic heterocycles. The first-order valence-corrected chi connectivity index (χ1v) is 16.0. The highest BCUT2D eigenvalue weighted by atomic mass is 32.2. The van der Waals surface area contributed by atoms with Crippen LogP contribution in [0, 0.1) is 11.8 Å². The second kappa shape index (κ2) is 13.4. The van der Waals surface area contributed by atoms with Crippen LogP contribution in [0.1, 0.15) is 58.2 Å². The Bertz CT molecular complexity index is 1560. The zero-order valence-electron chi connectivity index (χ0n) is 24.3. The summed E-state index contributed by atoms with van der Waals surface area (Å²) in [6, 6.07) is 25.6. The van der Waals surface area contributed by atoms with E-state index in [1.165, 1.54) is 29.3 Å². The molecule has 4 aromatic rings. The van der Waals surface area contributed by atoms with Crippen LogP contribution in [0.3, 0.4) is 0 Å². The predicted octanol–water partition coefficient (Wildman–Crippen LogP) is 7.63. The van der Waals surface area contributed by atoms with E-state index in [2.05, 4.69) is 97.8 Å². The SMILES string of the molecule is CC(C)CCN(CCC(C)C)c1ccc2cc(C=Cc3ccc4ccccc4[n+]3CCCS(=O)(=O)O)ccc2c1. The monoisotopic (exact) mass is 559 g/mol. The molecule has 0 saturated carbocycles. The number of hydrogen-bond donors (Lipinski definition) is 1. The van der Waals surface area contributed by atoms with Gasteiger partial charge in [0, 0.05) is 48.8 Å². The lowest BCUT2D eigenvalue weighted by atomic mass is 10.0. The molecule has 40 heavy (non-hydrogen) atoms. The van der Waals surface area contributed by atoms with Crippen LogP contribution >= 0.6 is 0 Å². The van der Waals surface area contributed by atoms with Crippen molar-refractivity contribution in [2.75, 3.05) is 23.7 Å². The maximum atomic E-state index is 11.3. The molecule has 0 atom stereocenters. The molecule has 0 radical (unpaired) electrons. The van der Waals surface area contributed by atoms with Gasteiger partial charge in [0.2, 0.25) is 11.2 Å². The summed E-state index contributed by atoms with van der Waals surface area (Å²) in [6.45, 7) is 11.8. The highest BCUT2D eigenvalue weighted by Crippen LogP contribution is 2.25. The molecule has 0 amide bonds. The van der Waals surface area contributed by atoms with E-state index in [9.17, 15) is 13.0 Å². The summed E-state index contributed by atoms with van der Waals surface area (Å²) in [5.74, 6) is 1.10. The summed E-state index contributed by atoms with van der Waals surface area (Å²) in [5, 5.41) is 3.53. The smallest absolute Gasteiger partial charge is 0.265 e. The van der Waals surface area contributed by atoms with Crippen molar-refractivity contribution in [3.8, 4) is 0 Å². The lowest BCUT2D eigenvalue weighted by Gasteiger charge is -2.27. The van der Waals surface area contributed by atoms with Gasteiger partial charge in [-0.25, -0.2) is 0 Å². The fourth-order valence-electron chi connectivity index (χ4n) is 5.01. The third-order valence-corrected chi connectivity index (χ3v) is 8.17. The topological polar surface area (TPSA) is 61.5 Å². The minimum absolute atomic E-state index is 0.259. The first-order valence-electron chi connectivity index (χ1n) is 14.4. The predicted molar refractivity (Wildman–Crippen MR) is 169 cm³/mol. The van der Waals surface area contributed by atoms with Crippen molar-refractivity contribution in [3.05, 3.63) is 84.1 Å². The molecule has 1 N–H and O–H groups in total. The van der Waals surface area contributed by atoms with Crippen molar-refractivity contribution in [1.82, 2.24) is 0 Å². The number of aryl methyl sites for hydroxylation is 1. The van der Waals surface area contributed by atoms with Crippen LogP contribution in [-0.2, 0) is 16.7 Å². The zero-order chi connectivity index (χ0) is 28.7. The van der Waals surface area contributed by atoms with E-state index >= 15 is 0 Å². The Balaban J connectivity index is 1.58. The lowest BCUT2D eigenvalue weighted by molar-refractivity contribution is -0.673. The molecule has 1 aromatic heterocycles. The van der Waals surface area contributed by atoms with Gasteiger partial charge in [0.05, 0.1) is 5.75 Å². The van der Waals surface area contributed by atoms with E-state index in [1.807, 2.05) is 24.3 Å². The molecule has 1 heterocycles. The average molecular weight is 560 g/mol. The fraction of sp³-hybridized carbons (Fsp3) is 0.382. The highest BCUT2D eigenvalue weighted by molar-refractivity contribution is 7.85. The Hall–Kier alpha value is -3.22. The van der Waals surface area contributed by atoms with Gasteiger partial charge >= 0.3 is 0 Å². The quantitative estimate of drug-likeness (QED) is 0.135. The van der Waals surface area contributed by atoms with Crippen LogP contribution in [0.15, 0.2) is 72.8 Å². The van der Waals surface area contributed by atoms with E-state index in [0.717, 1.165) is 35.2 Å². The van der Waals surface area contributed by atoms with Crippen LogP contribution in [0.2, 0.25) is 0 Å². The second-order valence-electron chi connectivity index (χ2n) is 11.6. The molecular formula is C34H43N2O3S+. The largest absolute Gasteiger partial charge is 0.371 e. The van der Waals surface area contributed by atoms with Gasteiger partial charge in [-0.05, 0) is 77.4 Å². The molecule has 0 aliphatic rings. The van der Waals surface area contributed by atoms with Gasteiger partial charge in [-0.1, -0.05) is 58.0 Å². The summed E-state index contributed by atoms with van der Waals surface area (Å²) in [6.07, 6.45) is 6.89. The van der Waals surface area contributed by atoms with E-state index < -0.39 is 10.1 Å². The molecule has 0 fully saturated rings. The van der Waals surface area contributed by atoms with Crippen LogP contribution in [0.5, 0.6) is 0 Å². The lowest BCUT2D eigenvalue weighted by Crippen LogP contribution is -2.38. The van der Waals surface area contributed by atoms with Gasteiger partial charge < -0.3 is 4.90 Å². The summed E-state index contributed by atoms with van der Waals surface area (Å²) >= 11 is 0. The molecule has 3 aromatic carbocycles. The molecule has 0 unspecified atom stereocenters. The van der Waals surface area contributed by atoms with Gasteiger partial charge in [0.15, 0.2) is 6.54 Å². The molecule has 0 spiro atoms. The van der Waals surface area contributed by atoms with Crippen molar-refractivity contribution in [2.45, 2.75) is 53.5 Å². The van der Waals surface area contributed by atoms with Gasteiger partial charge in [0.1, 0.15) is 0 Å². The molecule has 4 rings (SSSR count). The average Bonchev–Trinajstić information content (AvgIpc) is 2.91. The maximum Gasteiger partial charge on any atom is 0.265 e. The Kier molecular flexibility index (Phi) is 9.99. The molecule has 0 aliphatic carbocycles. The third-order valence-electron chi connectivity index (χ3n) is 7.37. The minimum atomic E-state index is -3.99. The summed E-state index contributed by atoms with van der Waals surface area (Å²) in [7, 11) is -3.99. The number of nitrogens with zero attached hydrogens (tertiary/aromatic N) is 2. The molecule has 0 bridgehead atoms. The summed E-state index contributed by atoms with van der Waals surface area (Å²) in [5.41, 5.74) is 4.41. The number of anilines is 1. The number of pyridine rings is 1. The van der Waals surface area contributed by atoms with Crippen molar-refractivity contribution in [3.63, 3.8) is 0 Å². The highest BCUT2D eigenvalue weighted by Gasteiger charge is 2.15. The van der Waals surface area contributed by atoms with Crippen molar-refractivity contribution in [1.29, 1.82) is 0 Å². The summed E-state index contributed by atoms with van der Waals surface area (Å²) < 4.78 is 33.9. The van der Waals surface area contributed by atoms with Crippen LogP contribution in [0.25, 0.3) is 33.8 Å². The number of fused-ring (bicyclic) bond motifs is 2. The Morgan fingerprint density at radius 3 is 2.15 bits per heavy atom. The number of para-hydroxylation sites is 1. The zero-order valence-corrected chi connectivity index (χ0v) is 25.1. The molecule has 212 valence electrons. The molecule has 5 nitrogen and oxygen atoms in total. The van der Waals surface area contributed by atoms with E-state index in [-0.39, 0.29) is 5.75 Å². The molecule has 6 heteroatoms. The van der Waals surface area contributed by atoms with Crippen molar-refractivity contribution >= 4 is 49.6 Å². The van der Waals surface area contributed by atoms with E-state index in [4.69, 9.17) is 0 Å². The second-order valence-corrected chi connectivity index (χ2v) is 13.2. The Morgan fingerprint density at radius 2 is 1.45 bits per heavy atom. The molecule has 0 saturated heterocycles. The maximum absolute atomic E-state index is 11.3. The number of aromatic nitrogens is 1. The van der Waals surface area contributed by atoms with Crippen molar-refractivity contribution in [2.24, 2.45) is 11.8 Å². The number of hydrogen-bond acceptors (Lipinski definition) is 3. The van der Waals surface area contributed by atoms with Crippen LogP contribution < -0.4 is 9.47 Å². The van der Waals surface area contributed by atoms with E-state index in [1.54, 1.807) is 0 Å². The third kappa shape index (κ3) is 8.39. The van der Waals surface area contributed by atoms with Gasteiger partial charge in [-0.2, -0.15) is 13.0 Å². The van der Waals surface area contributed by atoms with E-state index in [0.29, 0.717) is 24.8 Å². The normalized spacial score (nSPS) is 12.4. The summed E-state index contributed by atoms with van der Waals surface area (Å²) in [4.78, 5) is 2.54. The first-order chi connectivity index (χ1) is 19.1. The number of rotatable bonds is 13. The van der Waals surface area contributed by atoms with Crippen molar-refractivity contribution < 1.29 is 17.5 Å². The first kappa shape index (κ1) is 29.8. The fourth-order valence-corrected chi connectivity index (χ4v) is 5.50. The molecular weight excluding hydrogens is 516 g/mol. The standard InChI is InChI=1S/C34H42N2O3S/c1-26(2)18-21-35(22-19-27(3)4)33-17-14-30-24-28(10-12-31(30)25-33)11-15-32-16-13-29-8-5-6-9-34(29)36(32)20-7-23-40(37,38)39/h5-6,8-17,24-27H,7,18-23H2,1-4H3/p+1. The van der Waals surface area contributed by atoms with Crippen LogP contribution in [-0.4, -0.2) is 31.8 Å². The number of benzene rings is 3. The minimum Gasteiger partial charge on any atom is -0.371 e. The van der Waals surface area contributed by atoms with Gasteiger partial charge in [0.25, 0.3) is 10.1 Å².